The Morgan fingerprint density at radius 1 is 1.00 bits per heavy atom. The Kier molecular flexibility index (Phi) is 9.43. The number of benzene rings is 3. The first-order valence-electron chi connectivity index (χ1n) is 11.2. The average Bonchev–Trinajstić information content (AvgIpc) is 2.81. The highest BCUT2D eigenvalue weighted by Crippen LogP contribution is 2.37. The average molecular weight is 538 g/mol. The van der Waals surface area contributed by atoms with Gasteiger partial charge in [0.05, 0.1) is 17.3 Å². The molecule has 3 aromatic rings. The lowest BCUT2D eigenvalue weighted by atomic mass is 10.2. The van der Waals surface area contributed by atoms with Gasteiger partial charge in [0.2, 0.25) is 11.8 Å². The molecule has 0 radical (unpaired) electrons. The highest BCUT2D eigenvalue weighted by atomic mass is 79.9. The minimum Gasteiger partial charge on any atom is -0.490 e. The van der Waals surface area contributed by atoms with Crippen LogP contribution >= 0.6 is 15.9 Å². The van der Waals surface area contributed by atoms with Crippen LogP contribution in [0.5, 0.6) is 11.5 Å². The molecule has 7 nitrogen and oxygen atoms in total. The molecular weight excluding hydrogens is 510 g/mol. The lowest BCUT2D eigenvalue weighted by Crippen LogP contribution is -2.24. The second-order valence-corrected chi connectivity index (χ2v) is 8.72. The summed E-state index contributed by atoms with van der Waals surface area (Å²) in [5.41, 5.74) is 6.89. The van der Waals surface area contributed by atoms with Crippen molar-refractivity contribution in [2.75, 3.05) is 11.9 Å². The van der Waals surface area contributed by atoms with Gasteiger partial charge in [-0.1, -0.05) is 48.0 Å². The highest BCUT2D eigenvalue weighted by Gasteiger charge is 2.13. The normalized spacial score (nSPS) is 10.7. The monoisotopic (exact) mass is 537 g/mol. The highest BCUT2D eigenvalue weighted by molar-refractivity contribution is 9.10. The zero-order valence-electron chi connectivity index (χ0n) is 19.9. The number of amides is 2. The van der Waals surface area contributed by atoms with Crippen molar-refractivity contribution in [3.05, 3.63) is 87.4 Å². The smallest absolute Gasteiger partial charge is 0.249 e. The maximum atomic E-state index is 12.1. The molecule has 0 aliphatic carbocycles. The minimum atomic E-state index is -0.519. The van der Waals surface area contributed by atoms with E-state index in [1.54, 1.807) is 12.1 Å². The number of ether oxygens (including phenoxy) is 2. The van der Waals surface area contributed by atoms with Gasteiger partial charge in [-0.25, -0.2) is 5.43 Å². The number of para-hydroxylation sites is 1. The Hall–Kier alpha value is -3.65. The number of nitrogens with zero attached hydrogens (tertiary/aromatic N) is 1. The second kappa shape index (κ2) is 12.7. The van der Waals surface area contributed by atoms with E-state index in [2.05, 4.69) is 31.8 Å². The Morgan fingerprint density at radius 2 is 1.74 bits per heavy atom. The van der Waals surface area contributed by atoms with Gasteiger partial charge in [-0.3, -0.25) is 9.59 Å². The molecule has 0 unspecified atom stereocenters. The standard InChI is InChI=1S/C27H28BrN3O4/c1-4-34-24-14-21(13-22(28)27(24)35-17-20-11-9-18(2)10-12-20)16-29-31-26(33)15-25(32)30-23-8-6-5-7-19(23)3/h5-14,16H,4,15,17H2,1-3H3,(H,30,32)(H,31,33). The topological polar surface area (TPSA) is 89.0 Å². The van der Waals surface area contributed by atoms with E-state index in [9.17, 15) is 9.59 Å². The van der Waals surface area contributed by atoms with Crippen LogP contribution in [0.1, 0.15) is 35.6 Å². The van der Waals surface area contributed by atoms with Gasteiger partial charge in [-0.05, 0) is 71.6 Å². The summed E-state index contributed by atoms with van der Waals surface area (Å²) in [6, 6.07) is 19.1. The molecule has 2 amide bonds. The first-order valence-corrected chi connectivity index (χ1v) is 12.0. The number of nitrogens with one attached hydrogen (secondary N) is 2. The first-order chi connectivity index (χ1) is 16.9. The van der Waals surface area contributed by atoms with Crippen LogP contribution in [0.3, 0.4) is 0 Å². The number of hydrogen-bond acceptors (Lipinski definition) is 5. The van der Waals surface area contributed by atoms with Crippen LogP contribution in [-0.2, 0) is 16.2 Å². The fourth-order valence-electron chi connectivity index (χ4n) is 3.18. The lowest BCUT2D eigenvalue weighted by molar-refractivity contribution is -0.126. The summed E-state index contributed by atoms with van der Waals surface area (Å²) >= 11 is 3.54. The summed E-state index contributed by atoms with van der Waals surface area (Å²) in [6.07, 6.45) is 1.14. The first kappa shape index (κ1) is 26.0. The van der Waals surface area contributed by atoms with Crippen LogP contribution in [0.4, 0.5) is 5.69 Å². The van der Waals surface area contributed by atoms with Crippen molar-refractivity contribution in [3.8, 4) is 11.5 Å². The summed E-state index contributed by atoms with van der Waals surface area (Å²) in [7, 11) is 0. The largest absolute Gasteiger partial charge is 0.490 e. The maximum absolute atomic E-state index is 12.1. The molecule has 3 rings (SSSR count). The van der Waals surface area contributed by atoms with Gasteiger partial charge >= 0.3 is 0 Å². The summed E-state index contributed by atoms with van der Waals surface area (Å²) in [4.78, 5) is 24.2. The third-order valence-corrected chi connectivity index (χ3v) is 5.57. The van der Waals surface area contributed by atoms with Crippen molar-refractivity contribution in [3.63, 3.8) is 0 Å². The molecule has 0 aliphatic rings. The Morgan fingerprint density at radius 3 is 2.46 bits per heavy atom. The molecule has 0 bridgehead atoms. The van der Waals surface area contributed by atoms with Crippen LogP contribution in [-0.4, -0.2) is 24.6 Å². The molecule has 35 heavy (non-hydrogen) atoms. The molecule has 0 saturated heterocycles. The van der Waals surface area contributed by atoms with Gasteiger partial charge in [-0.2, -0.15) is 5.10 Å². The van der Waals surface area contributed by atoms with Gasteiger partial charge in [0.15, 0.2) is 11.5 Å². The van der Waals surface area contributed by atoms with Crippen LogP contribution in [0.2, 0.25) is 0 Å². The number of anilines is 1. The number of carbonyl (C=O) groups is 2. The van der Waals surface area contributed by atoms with Crippen LogP contribution in [0.25, 0.3) is 0 Å². The van der Waals surface area contributed by atoms with E-state index in [0.29, 0.717) is 40.4 Å². The minimum absolute atomic E-state index is 0.342. The SMILES string of the molecule is CCOc1cc(C=NNC(=O)CC(=O)Nc2ccccc2C)cc(Br)c1OCc1ccc(C)cc1. The Labute approximate surface area is 213 Å². The third kappa shape index (κ3) is 7.96. The van der Waals surface area contributed by atoms with Gasteiger partial charge < -0.3 is 14.8 Å². The van der Waals surface area contributed by atoms with E-state index in [-0.39, 0.29) is 6.42 Å². The van der Waals surface area contributed by atoms with Gasteiger partial charge in [0.1, 0.15) is 13.0 Å². The summed E-state index contributed by atoms with van der Waals surface area (Å²) in [6.45, 7) is 6.67. The van der Waals surface area contributed by atoms with Crippen molar-refractivity contribution in [1.29, 1.82) is 0 Å². The van der Waals surface area contributed by atoms with Crippen LogP contribution in [0.15, 0.2) is 70.2 Å². The number of hydrogen-bond donors (Lipinski definition) is 2. The second-order valence-electron chi connectivity index (χ2n) is 7.87. The molecule has 3 aromatic carbocycles. The fraction of sp³-hybridized carbons (Fsp3) is 0.222. The van der Waals surface area contributed by atoms with E-state index in [0.717, 1.165) is 11.1 Å². The number of hydrazone groups is 1. The van der Waals surface area contributed by atoms with Gasteiger partial charge in [0.25, 0.3) is 0 Å². The molecule has 182 valence electrons. The molecule has 0 saturated carbocycles. The van der Waals surface area contributed by atoms with Crippen molar-refractivity contribution < 1.29 is 19.1 Å². The Bertz CT molecular complexity index is 1210. The molecule has 0 aliphatic heterocycles. The predicted octanol–water partition coefficient (Wildman–Crippen LogP) is 5.52. The zero-order chi connectivity index (χ0) is 25.2. The number of carbonyl (C=O) groups excluding carboxylic acids is 2. The van der Waals surface area contributed by atoms with E-state index >= 15 is 0 Å². The number of rotatable bonds is 10. The third-order valence-electron chi connectivity index (χ3n) is 4.98. The van der Waals surface area contributed by atoms with E-state index < -0.39 is 11.8 Å². The van der Waals surface area contributed by atoms with Crippen molar-refractivity contribution in [1.82, 2.24) is 5.43 Å². The van der Waals surface area contributed by atoms with E-state index in [4.69, 9.17) is 9.47 Å². The van der Waals surface area contributed by atoms with Gasteiger partial charge in [0, 0.05) is 5.69 Å². The fourth-order valence-corrected chi connectivity index (χ4v) is 3.75. The summed E-state index contributed by atoms with van der Waals surface area (Å²) < 4.78 is 12.5. The number of aryl methyl sites for hydroxylation is 2. The maximum Gasteiger partial charge on any atom is 0.249 e. The van der Waals surface area contributed by atoms with Crippen molar-refractivity contribution >= 4 is 39.6 Å². The van der Waals surface area contributed by atoms with Crippen molar-refractivity contribution in [2.45, 2.75) is 33.8 Å². The molecule has 0 aromatic heterocycles. The predicted molar refractivity (Wildman–Crippen MR) is 141 cm³/mol. The molecule has 0 spiro atoms. The van der Waals surface area contributed by atoms with Crippen molar-refractivity contribution in [2.24, 2.45) is 5.10 Å². The lowest BCUT2D eigenvalue weighted by Gasteiger charge is -2.15. The molecule has 2 N–H and O–H groups in total. The molecule has 0 heterocycles. The zero-order valence-corrected chi connectivity index (χ0v) is 21.5. The van der Waals surface area contributed by atoms with E-state index in [1.807, 2.05) is 69.3 Å². The molecule has 8 heteroatoms. The summed E-state index contributed by atoms with van der Waals surface area (Å²) in [5, 5.41) is 6.69. The molecule has 0 fully saturated rings. The quantitative estimate of drug-likeness (QED) is 0.202. The van der Waals surface area contributed by atoms with Gasteiger partial charge in [-0.15, -0.1) is 0 Å². The van der Waals surface area contributed by atoms with E-state index in [1.165, 1.54) is 11.8 Å². The van der Waals surface area contributed by atoms with Crippen LogP contribution in [0, 0.1) is 13.8 Å². The summed E-state index contributed by atoms with van der Waals surface area (Å²) in [5.74, 6) is 0.207. The molecular formula is C27H28BrN3O4. The Balaban J connectivity index is 1.60. The molecule has 0 atom stereocenters. The van der Waals surface area contributed by atoms with Crippen LogP contribution < -0.4 is 20.2 Å². The number of halogens is 1.